The normalized spacial score (nSPS) is 10.1. The number of esters is 1. The molecule has 2 aromatic rings. The van der Waals surface area contributed by atoms with Gasteiger partial charge in [-0.2, -0.15) is 0 Å². The Hall–Kier alpha value is -2.08. The minimum atomic E-state index is -0.618. The molecule has 0 N–H and O–H groups in total. The number of rotatable bonds is 4. The molecule has 2 rings (SSSR count). The molecule has 18 heavy (non-hydrogen) atoms. The first kappa shape index (κ1) is 12.4. The van der Waals surface area contributed by atoms with Crippen molar-refractivity contribution >= 4 is 23.1 Å². The van der Waals surface area contributed by atoms with Gasteiger partial charge in [0.1, 0.15) is 10.6 Å². The van der Waals surface area contributed by atoms with Crippen molar-refractivity contribution in [1.82, 2.24) is 0 Å². The standard InChI is InChI=1S/C12H10O5S/c1-15-8-5-6-18-11(8)10(13)7-3-4-9(17-7)12(14)16-2/h3-6H,1-2H3. The Balaban J connectivity index is 2.29. The summed E-state index contributed by atoms with van der Waals surface area (Å²) < 4.78 is 14.7. The second-order valence-electron chi connectivity index (χ2n) is 3.30. The molecule has 0 aromatic carbocycles. The number of ether oxygens (including phenoxy) is 2. The molecule has 0 aliphatic heterocycles. The van der Waals surface area contributed by atoms with Gasteiger partial charge in [-0.15, -0.1) is 11.3 Å². The number of hydrogen-bond donors (Lipinski definition) is 0. The molecule has 6 heteroatoms. The Morgan fingerprint density at radius 2 is 1.89 bits per heavy atom. The average molecular weight is 266 g/mol. The smallest absolute Gasteiger partial charge is 0.373 e. The summed E-state index contributed by atoms with van der Waals surface area (Å²) in [5.74, 6) is -0.377. The molecule has 0 unspecified atom stereocenters. The van der Waals surface area contributed by atoms with Crippen LogP contribution in [0.1, 0.15) is 26.0 Å². The molecule has 5 nitrogen and oxygen atoms in total. The number of furan rings is 1. The Bertz CT molecular complexity index is 581. The highest BCUT2D eigenvalue weighted by atomic mass is 32.1. The van der Waals surface area contributed by atoms with Gasteiger partial charge in [-0.25, -0.2) is 4.79 Å². The summed E-state index contributed by atoms with van der Waals surface area (Å²) in [6.45, 7) is 0. The summed E-state index contributed by atoms with van der Waals surface area (Å²) in [5.41, 5.74) is 0. The van der Waals surface area contributed by atoms with Gasteiger partial charge in [0.05, 0.1) is 14.2 Å². The van der Waals surface area contributed by atoms with Crippen LogP contribution in [0, 0.1) is 0 Å². The third-order valence-corrected chi connectivity index (χ3v) is 3.17. The molecular weight excluding hydrogens is 256 g/mol. The molecule has 0 aliphatic carbocycles. The van der Waals surface area contributed by atoms with Crippen LogP contribution in [0.3, 0.4) is 0 Å². The lowest BCUT2D eigenvalue weighted by Crippen LogP contribution is -2.01. The van der Waals surface area contributed by atoms with E-state index in [0.717, 1.165) is 0 Å². The van der Waals surface area contributed by atoms with Crippen LogP contribution in [0.25, 0.3) is 0 Å². The Morgan fingerprint density at radius 3 is 2.56 bits per heavy atom. The van der Waals surface area contributed by atoms with Gasteiger partial charge in [0.15, 0.2) is 5.76 Å². The molecule has 0 bridgehead atoms. The summed E-state index contributed by atoms with van der Waals surface area (Å²) in [5, 5.41) is 1.75. The van der Waals surface area contributed by atoms with E-state index < -0.39 is 5.97 Å². The van der Waals surface area contributed by atoms with Gasteiger partial charge in [0.25, 0.3) is 0 Å². The Morgan fingerprint density at radius 1 is 1.17 bits per heavy atom. The molecular formula is C12H10O5S. The molecule has 0 spiro atoms. The highest BCUT2D eigenvalue weighted by molar-refractivity contribution is 7.12. The first-order valence-electron chi connectivity index (χ1n) is 5.01. The number of carbonyl (C=O) groups excluding carboxylic acids is 2. The molecule has 0 amide bonds. The van der Waals surface area contributed by atoms with Crippen molar-refractivity contribution in [3.63, 3.8) is 0 Å². The van der Waals surface area contributed by atoms with Crippen molar-refractivity contribution in [2.24, 2.45) is 0 Å². The molecule has 0 atom stereocenters. The van der Waals surface area contributed by atoms with E-state index in [-0.39, 0.29) is 17.3 Å². The minimum Gasteiger partial charge on any atom is -0.495 e. The molecule has 0 aliphatic rings. The van der Waals surface area contributed by atoms with Crippen LogP contribution in [0.5, 0.6) is 5.75 Å². The molecule has 0 saturated heterocycles. The van der Waals surface area contributed by atoms with Crippen molar-refractivity contribution in [1.29, 1.82) is 0 Å². The summed E-state index contributed by atoms with van der Waals surface area (Å²) >= 11 is 1.25. The first-order valence-corrected chi connectivity index (χ1v) is 5.89. The summed E-state index contributed by atoms with van der Waals surface area (Å²) in [6.07, 6.45) is 0. The molecule has 94 valence electrons. The van der Waals surface area contributed by atoms with Crippen LogP contribution >= 0.6 is 11.3 Å². The fourth-order valence-electron chi connectivity index (χ4n) is 1.41. The molecule has 2 heterocycles. The van der Waals surface area contributed by atoms with Gasteiger partial charge < -0.3 is 13.9 Å². The van der Waals surface area contributed by atoms with Gasteiger partial charge in [-0.1, -0.05) is 0 Å². The van der Waals surface area contributed by atoms with E-state index in [1.165, 1.54) is 37.7 Å². The van der Waals surface area contributed by atoms with Crippen LogP contribution in [0.2, 0.25) is 0 Å². The lowest BCUT2D eigenvalue weighted by Gasteiger charge is -1.99. The van der Waals surface area contributed by atoms with Crippen LogP contribution in [-0.4, -0.2) is 26.0 Å². The predicted octanol–water partition coefficient (Wildman–Crippen LogP) is 2.37. The molecule has 2 aromatic heterocycles. The third-order valence-electron chi connectivity index (χ3n) is 2.27. The van der Waals surface area contributed by atoms with E-state index in [2.05, 4.69) is 4.74 Å². The number of methoxy groups -OCH3 is 2. The Kier molecular flexibility index (Phi) is 3.47. The van der Waals surface area contributed by atoms with Gasteiger partial charge in [0.2, 0.25) is 11.5 Å². The van der Waals surface area contributed by atoms with Gasteiger partial charge >= 0.3 is 5.97 Å². The first-order chi connectivity index (χ1) is 8.67. The van der Waals surface area contributed by atoms with Crippen molar-refractivity contribution in [2.45, 2.75) is 0 Å². The van der Waals surface area contributed by atoms with Crippen molar-refractivity contribution in [2.75, 3.05) is 14.2 Å². The fraction of sp³-hybridized carbons (Fsp3) is 0.167. The highest BCUT2D eigenvalue weighted by Gasteiger charge is 2.21. The van der Waals surface area contributed by atoms with E-state index in [1.807, 2.05) is 0 Å². The van der Waals surface area contributed by atoms with Gasteiger partial charge in [-0.05, 0) is 23.6 Å². The third kappa shape index (κ3) is 2.14. The predicted molar refractivity (Wildman–Crippen MR) is 64.4 cm³/mol. The SMILES string of the molecule is COC(=O)c1ccc(C(=O)c2sccc2OC)o1. The second kappa shape index (κ2) is 5.05. The number of hydrogen-bond acceptors (Lipinski definition) is 6. The largest absolute Gasteiger partial charge is 0.495 e. The number of thiophene rings is 1. The maximum Gasteiger partial charge on any atom is 0.373 e. The highest BCUT2D eigenvalue weighted by Crippen LogP contribution is 2.27. The zero-order chi connectivity index (χ0) is 13.1. The van der Waals surface area contributed by atoms with Crippen molar-refractivity contribution in [3.8, 4) is 5.75 Å². The zero-order valence-electron chi connectivity index (χ0n) is 9.76. The Labute approximate surface area is 107 Å². The maximum absolute atomic E-state index is 12.1. The lowest BCUT2D eigenvalue weighted by molar-refractivity contribution is 0.0563. The molecule has 0 radical (unpaired) electrons. The quantitative estimate of drug-likeness (QED) is 0.628. The van der Waals surface area contributed by atoms with Gasteiger partial charge in [0, 0.05) is 0 Å². The van der Waals surface area contributed by atoms with E-state index >= 15 is 0 Å². The summed E-state index contributed by atoms with van der Waals surface area (Å²) in [7, 11) is 2.73. The van der Waals surface area contributed by atoms with Crippen LogP contribution in [0.15, 0.2) is 28.0 Å². The minimum absolute atomic E-state index is 0.00336. The molecule has 0 fully saturated rings. The second-order valence-corrected chi connectivity index (χ2v) is 4.22. The monoisotopic (exact) mass is 266 g/mol. The van der Waals surface area contributed by atoms with Gasteiger partial charge in [-0.3, -0.25) is 4.79 Å². The number of ketones is 1. The average Bonchev–Trinajstić information content (AvgIpc) is 3.05. The zero-order valence-corrected chi connectivity index (χ0v) is 10.6. The van der Waals surface area contributed by atoms with Crippen LogP contribution in [-0.2, 0) is 4.74 Å². The van der Waals surface area contributed by atoms with E-state index in [1.54, 1.807) is 11.4 Å². The summed E-state index contributed by atoms with van der Waals surface area (Å²) in [4.78, 5) is 23.7. The van der Waals surface area contributed by atoms with Crippen LogP contribution in [0.4, 0.5) is 0 Å². The fourth-order valence-corrected chi connectivity index (χ4v) is 2.21. The van der Waals surface area contributed by atoms with E-state index in [0.29, 0.717) is 10.6 Å². The van der Waals surface area contributed by atoms with Crippen molar-refractivity contribution < 1.29 is 23.5 Å². The van der Waals surface area contributed by atoms with Crippen LogP contribution < -0.4 is 4.74 Å². The lowest BCUT2D eigenvalue weighted by atomic mass is 10.2. The topological polar surface area (TPSA) is 65.7 Å². The molecule has 0 saturated carbocycles. The van der Waals surface area contributed by atoms with Crippen molar-refractivity contribution in [3.05, 3.63) is 40.0 Å². The van der Waals surface area contributed by atoms with E-state index in [9.17, 15) is 9.59 Å². The maximum atomic E-state index is 12.1. The number of carbonyl (C=O) groups is 2. The summed E-state index contributed by atoms with van der Waals surface area (Å²) in [6, 6.07) is 4.54. The van der Waals surface area contributed by atoms with E-state index in [4.69, 9.17) is 9.15 Å².